The Balaban J connectivity index is 2.92. The molecule has 0 saturated carbocycles. The fraction of sp³-hybridized carbons (Fsp3) is 1.00. The van der Waals surface area contributed by atoms with Crippen LogP contribution in [0.3, 0.4) is 0 Å². The molecule has 0 aliphatic rings. The van der Waals surface area contributed by atoms with Crippen molar-refractivity contribution in [2.24, 2.45) is 0 Å². The first-order valence-electron chi connectivity index (χ1n) is 5.13. The van der Waals surface area contributed by atoms with Gasteiger partial charge >= 0.3 is 0 Å². The highest BCUT2D eigenvalue weighted by Gasteiger charge is 1.99. The van der Waals surface area contributed by atoms with Gasteiger partial charge in [-0.15, -0.1) is 0 Å². The third kappa shape index (κ3) is 9.92. The predicted octanol–water partition coefficient (Wildman–Crippen LogP) is 0.827. The lowest BCUT2D eigenvalue weighted by Gasteiger charge is -2.08. The third-order valence-electron chi connectivity index (χ3n) is 1.79. The highest BCUT2D eigenvalue weighted by molar-refractivity contribution is 4.48. The van der Waals surface area contributed by atoms with Crippen molar-refractivity contribution in [1.82, 2.24) is 0 Å². The van der Waals surface area contributed by atoms with E-state index in [1.165, 1.54) is 0 Å². The molecule has 0 aromatic rings. The summed E-state index contributed by atoms with van der Waals surface area (Å²) in [6.07, 6.45) is 1.27. The van der Waals surface area contributed by atoms with Crippen LogP contribution in [0.5, 0.6) is 0 Å². The van der Waals surface area contributed by atoms with Crippen molar-refractivity contribution < 1.29 is 19.3 Å². The van der Waals surface area contributed by atoms with E-state index in [9.17, 15) is 0 Å². The Hall–Kier alpha value is -0.160. The van der Waals surface area contributed by atoms with Crippen LogP contribution < -0.4 is 0 Å². The van der Waals surface area contributed by atoms with Crippen LogP contribution >= 0.6 is 0 Å². The Morgan fingerprint density at radius 1 is 1.07 bits per heavy atom. The van der Waals surface area contributed by atoms with Gasteiger partial charge in [0.05, 0.1) is 25.9 Å². The van der Waals surface area contributed by atoms with Crippen molar-refractivity contribution in [3.8, 4) is 0 Å². The molecule has 0 spiro atoms. The SMILES string of the molecule is CCC(O)COCCCOCCOC. The van der Waals surface area contributed by atoms with Gasteiger partial charge in [0.25, 0.3) is 0 Å². The predicted molar refractivity (Wildman–Crippen MR) is 54.4 cm³/mol. The lowest BCUT2D eigenvalue weighted by molar-refractivity contribution is 0.0178. The lowest BCUT2D eigenvalue weighted by Crippen LogP contribution is -2.15. The zero-order valence-corrected chi connectivity index (χ0v) is 9.20. The molecule has 0 aromatic heterocycles. The largest absolute Gasteiger partial charge is 0.391 e. The second-order valence-corrected chi connectivity index (χ2v) is 3.10. The quantitative estimate of drug-likeness (QED) is 0.538. The molecule has 0 aliphatic heterocycles. The van der Waals surface area contributed by atoms with E-state index in [1.807, 2.05) is 6.92 Å². The number of aliphatic hydroxyl groups is 1. The molecule has 1 N–H and O–H groups in total. The van der Waals surface area contributed by atoms with Gasteiger partial charge in [-0.25, -0.2) is 0 Å². The van der Waals surface area contributed by atoms with Gasteiger partial charge in [0, 0.05) is 20.3 Å². The van der Waals surface area contributed by atoms with Crippen molar-refractivity contribution in [2.75, 3.05) is 40.1 Å². The molecule has 4 heteroatoms. The molecule has 0 saturated heterocycles. The van der Waals surface area contributed by atoms with Crippen LogP contribution in [0.15, 0.2) is 0 Å². The zero-order chi connectivity index (χ0) is 10.6. The van der Waals surface area contributed by atoms with Gasteiger partial charge in [-0.1, -0.05) is 6.92 Å². The molecular formula is C10H22O4. The van der Waals surface area contributed by atoms with Gasteiger partial charge in [0.2, 0.25) is 0 Å². The summed E-state index contributed by atoms with van der Waals surface area (Å²) in [6, 6.07) is 0. The zero-order valence-electron chi connectivity index (χ0n) is 9.20. The standard InChI is InChI=1S/C10H22O4/c1-3-10(11)9-14-6-4-5-13-8-7-12-2/h10-11H,3-9H2,1-2H3. The van der Waals surface area contributed by atoms with Crippen LogP contribution in [0.2, 0.25) is 0 Å². The van der Waals surface area contributed by atoms with Crippen LogP contribution in [-0.2, 0) is 14.2 Å². The van der Waals surface area contributed by atoms with Gasteiger partial charge in [0.1, 0.15) is 0 Å². The van der Waals surface area contributed by atoms with Crippen LogP contribution in [0.25, 0.3) is 0 Å². The second kappa shape index (κ2) is 10.9. The Bertz CT molecular complexity index is 108. The number of ether oxygens (including phenoxy) is 3. The van der Waals surface area contributed by atoms with E-state index in [4.69, 9.17) is 19.3 Å². The Kier molecular flexibility index (Phi) is 10.8. The van der Waals surface area contributed by atoms with E-state index in [1.54, 1.807) is 7.11 Å². The molecule has 14 heavy (non-hydrogen) atoms. The van der Waals surface area contributed by atoms with Crippen molar-refractivity contribution in [2.45, 2.75) is 25.9 Å². The molecule has 0 heterocycles. The minimum atomic E-state index is -0.329. The normalized spacial score (nSPS) is 13.1. The number of hydrogen-bond donors (Lipinski definition) is 1. The van der Waals surface area contributed by atoms with Crippen molar-refractivity contribution >= 4 is 0 Å². The summed E-state index contributed by atoms with van der Waals surface area (Å²) in [5, 5.41) is 9.16. The summed E-state index contributed by atoms with van der Waals surface area (Å²) in [7, 11) is 1.65. The maximum absolute atomic E-state index is 9.16. The van der Waals surface area contributed by atoms with Gasteiger partial charge in [0.15, 0.2) is 0 Å². The van der Waals surface area contributed by atoms with E-state index < -0.39 is 0 Å². The molecule has 1 unspecified atom stereocenters. The van der Waals surface area contributed by atoms with Crippen molar-refractivity contribution in [1.29, 1.82) is 0 Å². The van der Waals surface area contributed by atoms with Crippen LogP contribution in [0.4, 0.5) is 0 Å². The maximum Gasteiger partial charge on any atom is 0.0771 e. The van der Waals surface area contributed by atoms with Crippen LogP contribution in [0.1, 0.15) is 19.8 Å². The van der Waals surface area contributed by atoms with Crippen molar-refractivity contribution in [3.63, 3.8) is 0 Å². The maximum atomic E-state index is 9.16. The summed E-state index contributed by atoms with van der Waals surface area (Å²) in [5.74, 6) is 0. The van der Waals surface area contributed by atoms with Crippen LogP contribution in [0, 0.1) is 0 Å². The third-order valence-corrected chi connectivity index (χ3v) is 1.79. The molecule has 1 atom stereocenters. The number of hydrogen-bond acceptors (Lipinski definition) is 4. The lowest BCUT2D eigenvalue weighted by atomic mass is 10.3. The molecule has 86 valence electrons. The molecule has 0 rings (SSSR count). The van der Waals surface area contributed by atoms with E-state index in [0.29, 0.717) is 33.0 Å². The monoisotopic (exact) mass is 206 g/mol. The summed E-state index contributed by atoms with van der Waals surface area (Å²) >= 11 is 0. The van der Waals surface area contributed by atoms with Gasteiger partial charge in [-0.3, -0.25) is 0 Å². The molecule has 4 nitrogen and oxygen atoms in total. The molecule has 0 amide bonds. The molecule has 0 radical (unpaired) electrons. The first-order valence-corrected chi connectivity index (χ1v) is 5.13. The minimum absolute atomic E-state index is 0.329. The first kappa shape index (κ1) is 13.8. The van der Waals surface area contributed by atoms with Gasteiger partial charge in [-0.2, -0.15) is 0 Å². The van der Waals surface area contributed by atoms with E-state index >= 15 is 0 Å². The highest BCUT2D eigenvalue weighted by Crippen LogP contribution is 1.92. The summed E-state index contributed by atoms with van der Waals surface area (Å²) in [4.78, 5) is 0. The first-order chi connectivity index (χ1) is 6.81. The molecule has 0 aliphatic carbocycles. The topological polar surface area (TPSA) is 47.9 Å². The second-order valence-electron chi connectivity index (χ2n) is 3.10. The average molecular weight is 206 g/mol. The molecule has 0 fully saturated rings. The van der Waals surface area contributed by atoms with Crippen molar-refractivity contribution in [3.05, 3.63) is 0 Å². The van der Waals surface area contributed by atoms with Gasteiger partial charge < -0.3 is 19.3 Å². The smallest absolute Gasteiger partial charge is 0.0771 e. The van der Waals surface area contributed by atoms with E-state index in [2.05, 4.69) is 0 Å². The van der Waals surface area contributed by atoms with E-state index in [-0.39, 0.29) is 6.10 Å². The fourth-order valence-corrected chi connectivity index (χ4v) is 0.845. The summed E-state index contributed by atoms with van der Waals surface area (Å²) in [5.41, 5.74) is 0. The molecule has 0 aromatic carbocycles. The molecule has 0 bridgehead atoms. The minimum Gasteiger partial charge on any atom is -0.391 e. The number of aliphatic hydroxyl groups excluding tert-OH is 1. The Labute approximate surface area is 86.2 Å². The number of rotatable bonds is 10. The van der Waals surface area contributed by atoms with Gasteiger partial charge in [-0.05, 0) is 12.8 Å². The highest BCUT2D eigenvalue weighted by atomic mass is 16.5. The Morgan fingerprint density at radius 3 is 2.43 bits per heavy atom. The summed E-state index contributed by atoms with van der Waals surface area (Å²) < 4.78 is 15.3. The molecular weight excluding hydrogens is 184 g/mol. The number of methoxy groups -OCH3 is 1. The Morgan fingerprint density at radius 2 is 1.79 bits per heavy atom. The average Bonchev–Trinajstić information content (AvgIpc) is 2.21. The van der Waals surface area contributed by atoms with Crippen LogP contribution in [-0.4, -0.2) is 51.4 Å². The summed E-state index contributed by atoms with van der Waals surface area (Å²) in [6.45, 7) is 4.95. The fourth-order valence-electron chi connectivity index (χ4n) is 0.845. The van der Waals surface area contributed by atoms with E-state index in [0.717, 1.165) is 12.8 Å².